The molecule has 0 saturated carbocycles. The molecule has 2 aromatic rings. The first kappa shape index (κ1) is 19.9. The summed E-state index contributed by atoms with van der Waals surface area (Å²) in [5.74, 6) is 0.502. The van der Waals surface area contributed by atoms with Crippen molar-refractivity contribution < 1.29 is 24.1 Å². The van der Waals surface area contributed by atoms with Crippen LogP contribution in [0, 0.1) is 25.2 Å². The van der Waals surface area contributed by atoms with E-state index in [1.54, 1.807) is 24.3 Å². The minimum atomic E-state index is -1.29. The summed E-state index contributed by atoms with van der Waals surface area (Å²) in [5, 5.41) is 18.0. The summed E-state index contributed by atoms with van der Waals surface area (Å²) < 4.78 is 16.7. The fraction of sp³-hybridized carbons (Fsp3) is 0.238. The predicted octanol–water partition coefficient (Wildman–Crippen LogP) is 3.76. The molecule has 0 amide bonds. The second kappa shape index (κ2) is 9.30. The number of para-hydroxylation sites is 1. The Labute approximate surface area is 158 Å². The lowest BCUT2D eigenvalue weighted by molar-refractivity contribution is -0.132. The normalized spacial score (nSPS) is 10.8. The van der Waals surface area contributed by atoms with Crippen molar-refractivity contribution in [1.29, 1.82) is 5.26 Å². The van der Waals surface area contributed by atoms with Crippen LogP contribution in [0.25, 0.3) is 6.08 Å². The van der Waals surface area contributed by atoms with E-state index in [4.69, 9.17) is 24.6 Å². The van der Waals surface area contributed by atoms with Crippen LogP contribution < -0.4 is 14.2 Å². The van der Waals surface area contributed by atoms with Gasteiger partial charge in [-0.1, -0.05) is 18.2 Å². The molecule has 2 rings (SSSR count). The van der Waals surface area contributed by atoms with Crippen molar-refractivity contribution in [3.8, 4) is 23.3 Å². The van der Waals surface area contributed by atoms with Crippen molar-refractivity contribution in [3.63, 3.8) is 0 Å². The summed E-state index contributed by atoms with van der Waals surface area (Å²) in [6, 6.07) is 12.5. The minimum Gasteiger partial charge on any atom is -0.497 e. The van der Waals surface area contributed by atoms with Gasteiger partial charge in [0.25, 0.3) is 0 Å². The van der Waals surface area contributed by atoms with Crippen LogP contribution in [0.1, 0.15) is 16.7 Å². The molecule has 0 aliphatic rings. The van der Waals surface area contributed by atoms with Crippen LogP contribution in [0.3, 0.4) is 0 Å². The smallest absolute Gasteiger partial charge is 0.346 e. The summed E-state index contributed by atoms with van der Waals surface area (Å²) in [7, 11) is 1.52. The van der Waals surface area contributed by atoms with Gasteiger partial charge < -0.3 is 19.3 Å². The van der Waals surface area contributed by atoms with Gasteiger partial charge in [-0.05, 0) is 43.2 Å². The van der Waals surface area contributed by atoms with Crippen LogP contribution in [-0.2, 0) is 4.79 Å². The molecule has 6 heteroatoms. The van der Waals surface area contributed by atoms with Crippen LogP contribution in [0.4, 0.5) is 0 Å². The number of nitriles is 1. The Bertz CT molecular complexity index is 876. The minimum absolute atomic E-state index is 0.247. The van der Waals surface area contributed by atoms with Crippen molar-refractivity contribution in [1.82, 2.24) is 0 Å². The highest BCUT2D eigenvalue weighted by molar-refractivity contribution is 5.96. The zero-order chi connectivity index (χ0) is 19.8. The Morgan fingerprint density at radius 1 is 1.15 bits per heavy atom. The van der Waals surface area contributed by atoms with E-state index >= 15 is 0 Å². The molecule has 0 aliphatic carbocycles. The van der Waals surface area contributed by atoms with Crippen LogP contribution in [0.2, 0.25) is 0 Å². The van der Waals surface area contributed by atoms with Crippen molar-refractivity contribution in [2.24, 2.45) is 0 Å². The monoisotopic (exact) mass is 367 g/mol. The summed E-state index contributed by atoms with van der Waals surface area (Å²) in [5.41, 5.74) is 2.18. The lowest BCUT2D eigenvalue weighted by atomic mass is 10.1. The molecule has 0 aromatic heterocycles. The van der Waals surface area contributed by atoms with E-state index in [1.807, 2.05) is 32.0 Å². The van der Waals surface area contributed by atoms with Gasteiger partial charge in [-0.25, -0.2) is 4.79 Å². The second-order valence-electron chi connectivity index (χ2n) is 5.80. The van der Waals surface area contributed by atoms with Gasteiger partial charge in [0.05, 0.1) is 7.11 Å². The van der Waals surface area contributed by atoms with Crippen molar-refractivity contribution in [2.45, 2.75) is 13.8 Å². The maximum atomic E-state index is 11.1. The number of aryl methyl sites for hydroxylation is 2. The van der Waals surface area contributed by atoms with E-state index in [0.717, 1.165) is 16.9 Å². The molecule has 0 unspecified atom stereocenters. The lowest BCUT2D eigenvalue weighted by Crippen LogP contribution is -2.11. The Balaban J connectivity index is 2.13. The fourth-order valence-electron chi connectivity index (χ4n) is 2.51. The number of rotatable bonds is 8. The number of benzene rings is 2. The van der Waals surface area contributed by atoms with E-state index in [-0.39, 0.29) is 12.2 Å². The molecule has 0 saturated heterocycles. The summed E-state index contributed by atoms with van der Waals surface area (Å²) >= 11 is 0. The molecule has 0 spiro atoms. The highest BCUT2D eigenvalue weighted by atomic mass is 16.5. The van der Waals surface area contributed by atoms with Crippen LogP contribution in [0.5, 0.6) is 17.2 Å². The molecular weight excluding hydrogens is 346 g/mol. The molecule has 0 aliphatic heterocycles. The molecule has 6 nitrogen and oxygen atoms in total. The van der Waals surface area contributed by atoms with Gasteiger partial charge in [0.2, 0.25) is 0 Å². The molecule has 140 valence electrons. The third-order valence-electron chi connectivity index (χ3n) is 3.87. The summed E-state index contributed by atoms with van der Waals surface area (Å²) in [6.07, 6.45) is 1.27. The van der Waals surface area contributed by atoms with Crippen molar-refractivity contribution >= 4 is 12.0 Å². The van der Waals surface area contributed by atoms with Gasteiger partial charge >= 0.3 is 5.97 Å². The first-order valence-corrected chi connectivity index (χ1v) is 8.31. The van der Waals surface area contributed by atoms with E-state index < -0.39 is 5.97 Å². The lowest BCUT2D eigenvalue weighted by Gasteiger charge is -2.14. The average molecular weight is 367 g/mol. The number of ether oxygens (including phenoxy) is 3. The quantitative estimate of drug-likeness (QED) is 0.434. The number of methoxy groups -OCH3 is 1. The Morgan fingerprint density at radius 2 is 1.81 bits per heavy atom. The highest BCUT2D eigenvalue weighted by Gasteiger charge is 2.11. The molecule has 0 atom stereocenters. The molecule has 2 aromatic carbocycles. The highest BCUT2D eigenvalue weighted by Crippen LogP contribution is 2.27. The van der Waals surface area contributed by atoms with E-state index in [2.05, 4.69) is 0 Å². The van der Waals surface area contributed by atoms with Crippen LogP contribution in [0.15, 0.2) is 42.0 Å². The van der Waals surface area contributed by atoms with E-state index in [9.17, 15) is 4.79 Å². The third kappa shape index (κ3) is 5.25. The van der Waals surface area contributed by atoms with Gasteiger partial charge in [0.15, 0.2) is 0 Å². The van der Waals surface area contributed by atoms with Crippen molar-refractivity contribution in [2.75, 3.05) is 20.3 Å². The summed E-state index contributed by atoms with van der Waals surface area (Å²) in [4.78, 5) is 11.1. The maximum absolute atomic E-state index is 11.1. The third-order valence-corrected chi connectivity index (χ3v) is 3.87. The van der Waals surface area contributed by atoms with E-state index in [0.29, 0.717) is 23.7 Å². The molecule has 0 radical (unpaired) electrons. The van der Waals surface area contributed by atoms with Crippen molar-refractivity contribution in [3.05, 3.63) is 58.7 Å². The fourth-order valence-corrected chi connectivity index (χ4v) is 2.51. The van der Waals surface area contributed by atoms with Gasteiger partial charge in [0.1, 0.15) is 42.1 Å². The Morgan fingerprint density at radius 3 is 2.41 bits per heavy atom. The summed E-state index contributed by atoms with van der Waals surface area (Å²) in [6.45, 7) is 4.51. The molecular formula is C21H21NO5. The zero-order valence-corrected chi connectivity index (χ0v) is 15.5. The van der Waals surface area contributed by atoms with Gasteiger partial charge in [-0.3, -0.25) is 0 Å². The molecule has 27 heavy (non-hydrogen) atoms. The average Bonchev–Trinajstić information content (AvgIpc) is 2.65. The van der Waals surface area contributed by atoms with Crippen LogP contribution >= 0.6 is 0 Å². The number of aliphatic carboxylic acids is 1. The number of carbonyl (C=O) groups is 1. The number of hydrogen-bond acceptors (Lipinski definition) is 5. The van der Waals surface area contributed by atoms with E-state index in [1.165, 1.54) is 13.2 Å². The maximum Gasteiger partial charge on any atom is 0.346 e. The predicted molar refractivity (Wildman–Crippen MR) is 101 cm³/mol. The number of nitrogens with zero attached hydrogens (tertiary/aromatic N) is 1. The molecule has 0 fully saturated rings. The largest absolute Gasteiger partial charge is 0.497 e. The van der Waals surface area contributed by atoms with Gasteiger partial charge in [-0.15, -0.1) is 0 Å². The molecule has 0 bridgehead atoms. The Kier molecular flexibility index (Phi) is 6.84. The SMILES string of the molecule is COc1ccc(C=C(C#N)C(=O)O)c(OCCOc2c(C)cccc2C)c1. The second-order valence-corrected chi connectivity index (χ2v) is 5.80. The zero-order valence-electron chi connectivity index (χ0n) is 15.5. The molecule has 1 N–H and O–H groups in total. The standard InChI is InChI=1S/C21H21NO5/c1-14-5-4-6-15(2)20(14)27-10-9-26-19-12-18(25-3)8-7-16(19)11-17(13-22)21(23)24/h4-8,11-12H,9-10H2,1-3H3,(H,23,24). The first-order chi connectivity index (χ1) is 13.0. The topological polar surface area (TPSA) is 88.8 Å². The molecule has 0 heterocycles. The Hall–Kier alpha value is -3.46. The van der Waals surface area contributed by atoms with Gasteiger partial charge in [-0.2, -0.15) is 5.26 Å². The van der Waals surface area contributed by atoms with Gasteiger partial charge in [0, 0.05) is 11.6 Å². The number of carboxylic acid groups (broad SMARTS) is 1. The first-order valence-electron chi connectivity index (χ1n) is 8.31. The van der Waals surface area contributed by atoms with Crippen LogP contribution in [-0.4, -0.2) is 31.4 Å². The number of carboxylic acids is 1. The number of hydrogen-bond donors (Lipinski definition) is 1.